The first-order chi connectivity index (χ1) is 14.5. The van der Waals surface area contributed by atoms with Crippen LogP contribution in [0.15, 0.2) is 42.5 Å². The summed E-state index contributed by atoms with van der Waals surface area (Å²) in [5.41, 5.74) is 3.97. The number of carbonyl (C=O) groups excluding carboxylic acids is 1. The number of H-pyrrole nitrogens is 2. The van der Waals surface area contributed by atoms with Gasteiger partial charge in [-0.05, 0) is 97.5 Å². The van der Waals surface area contributed by atoms with Crippen LogP contribution in [-0.4, -0.2) is 27.5 Å². The normalized spacial score (nSPS) is 14.9. The largest absolute Gasteiger partial charge is 1.00 e. The van der Waals surface area contributed by atoms with Gasteiger partial charge in [-0.3, -0.25) is 14.8 Å². The number of hydrogen-bond acceptors (Lipinski definition) is 6. The number of rotatable bonds is 7. The Balaban J connectivity index is 0.00000272. The third-order valence-corrected chi connectivity index (χ3v) is 5.84. The number of aliphatic carboxylic acids is 1. The maximum atomic E-state index is 11.0. The molecule has 31 heavy (non-hydrogen) atoms. The Bertz CT molecular complexity index is 1160. The maximum absolute atomic E-state index is 11.0. The Labute approximate surface area is 232 Å². The van der Waals surface area contributed by atoms with Gasteiger partial charge in [0.05, 0.1) is 5.69 Å². The summed E-state index contributed by atoms with van der Waals surface area (Å²) in [7, 11) is 0. The van der Waals surface area contributed by atoms with Gasteiger partial charge in [0, 0.05) is 11.7 Å². The van der Waals surface area contributed by atoms with Gasteiger partial charge in [0.25, 0.3) is 0 Å². The Morgan fingerprint density at radius 2 is 1.97 bits per heavy atom. The number of carboxylic acid groups (broad SMARTS) is 1. The second-order valence-corrected chi connectivity index (χ2v) is 8.01. The molecule has 10 heteroatoms. The van der Waals surface area contributed by atoms with Gasteiger partial charge in [-0.1, -0.05) is 12.1 Å². The van der Waals surface area contributed by atoms with Crippen LogP contribution in [0.4, 0.5) is 5.69 Å². The van der Waals surface area contributed by atoms with Gasteiger partial charge in [0.15, 0.2) is 16.3 Å². The van der Waals surface area contributed by atoms with Crippen LogP contribution >= 0.6 is 24.4 Å². The van der Waals surface area contributed by atoms with Gasteiger partial charge in [-0.2, -0.15) is 0 Å². The molecule has 3 N–H and O–H groups in total. The predicted octanol–water partition coefficient (Wildman–Crippen LogP) is 0.605. The van der Waals surface area contributed by atoms with Crippen LogP contribution in [0, 0.1) is 9.54 Å². The van der Waals surface area contributed by atoms with E-state index in [1.165, 1.54) is 0 Å². The molecule has 0 aliphatic heterocycles. The summed E-state index contributed by atoms with van der Waals surface area (Å²) in [4.78, 5) is 11.0. The maximum Gasteiger partial charge on any atom is 1.00 e. The van der Waals surface area contributed by atoms with Crippen molar-refractivity contribution < 1.29 is 66.0 Å². The number of carboxylic acids is 1. The molecular weight excluding hydrogens is 459 g/mol. The molecular formula is C21H21KN4O3S2. The van der Waals surface area contributed by atoms with Crippen molar-refractivity contribution in [1.82, 2.24) is 14.8 Å². The molecule has 0 saturated heterocycles. The number of carbonyl (C=O) groups is 1. The van der Waals surface area contributed by atoms with Crippen LogP contribution in [0.1, 0.15) is 36.3 Å². The first-order valence-corrected chi connectivity index (χ1v) is 10.5. The monoisotopic (exact) mass is 480 g/mol. The van der Waals surface area contributed by atoms with Crippen molar-refractivity contribution in [3.63, 3.8) is 0 Å². The van der Waals surface area contributed by atoms with E-state index in [-0.39, 0.29) is 70.5 Å². The number of aryl methyl sites for hydroxylation is 1. The second-order valence-electron chi connectivity index (χ2n) is 7.24. The zero-order valence-corrected chi connectivity index (χ0v) is 21.9. The fraction of sp³-hybridized carbons (Fsp3) is 0.286. The molecule has 0 radical (unpaired) electrons. The molecule has 1 aliphatic rings. The molecule has 1 atom stereocenters. The summed E-state index contributed by atoms with van der Waals surface area (Å²) in [5, 5.41) is 19.9. The standard InChI is InChI=1S/C21H22N4O3S2.K/c26-19(27)10-14-4-1-3-13-9-17(7-8-18(13)14)28-12-22-15-5-2-6-16(11-15)25-20(29)23-24-21(25)30;/h2,5-9,11,14,22H,1,3-4,10,12H2,(H,23,29)(H,24,30)(H,26,27);/q;+1/p-1. The second kappa shape index (κ2) is 11.0. The zero-order valence-electron chi connectivity index (χ0n) is 17.1. The van der Waals surface area contributed by atoms with Gasteiger partial charge in [-0.25, -0.2) is 0 Å². The fourth-order valence-electron chi connectivity index (χ4n) is 3.90. The molecule has 0 bridgehead atoms. The average molecular weight is 481 g/mol. The van der Waals surface area contributed by atoms with Crippen LogP contribution in [0.2, 0.25) is 0 Å². The van der Waals surface area contributed by atoms with Crippen LogP contribution in [0.3, 0.4) is 0 Å². The summed E-state index contributed by atoms with van der Waals surface area (Å²) in [6.45, 7) is 0.288. The molecule has 1 unspecified atom stereocenters. The number of anilines is 1. The van der Waals surface area contributed by atoms with Crippen molar-refractivity contribution >= 4 is 36.1 Å². The number of aromatic nitrogens is 3. The molecule has 0 fully saturated rings. The third-order valence-electron chi connectivity index (χ3n) is 5.27. The topological polar surface area (TPSA) is 97.9 Å². The van der Waals surface area contributed by atoms with E-state index in [2.05, 4.69) is 15.5 Å². The van der Waals surface area contributed by atoms with Gasteiger partial charge < -0.3 is 20.0 Å². The molecule has 1 aliphatic carbocycles. The number of benzene rings is 2. The summed E-state index contributed by atoms with van der Waals surface area (Å²) in [5.74, 6) is -0.219. The van der Waals surface area contributed by atoms with E-state index in [1.807, 2.05) is 42.5 Å². The van der Waals surface area contributed by atoms with E-state index < -0.39 is 5.97 Å². The van der Waals surface area contributed by atoms with E-state index in [0.29, 0.717) is 9.54 Å². The molecule has 1 aromatic heterocycles. The predicted molar refractivity (Wildman–Crippen MR) is 117 cm³/mol. The zero-order chi connectivity index (χ0) is 21.1. The van der Waals surface area contributed by atoms with E-state index in [4.69, 9.17) is 29.2 Å². The van der Waals surface area contributed by atoms with Crippen LogP contribution in [0.5, 0.6) is 5.75 Å². The fourth-order valence-corrected chi connectivity index (χ4v) is 4.45. The van der Waals surface area contributed by atoms with E-state index in [0.717, 1.165) is 47.5 Å². The third kappa shape index (κ3) is 5.95. The van der Waals surface area contributed by atoms with Crippen LogP contribution in [0.25, 0.3) is 5.69 Å². The molecule has 0 saturated carbocycles. The Kier molecular flexibility index (Phi) is 8.68. The minimum absolute atomic E-state index is 0. The van der Waals surface area contributed by atoms with Gasteiger partial charge in [-0.15, -0.1) is 0 Å². The number of hydrogen-bond donors (Lipinski definition) is 3. The van der Waals surface area contributed by atoms with Gasteiger partial charge >= 0.3 is 51.4 Å². The van der Waals surface area contributed by atoms with Crippen molar-refractivity contribution in [2.45, 2.75) is 31.6 Å². The minimum atomic E-state index is -0.998. The van der Waals surface area contributed by atoms with Gasteiger partial charge in [0.2, 0.25) is 0 Å². The Morgan fingerprint density at radius 1 is 1.19 bits per heavy atom. The number of aromatic amines is 2. The van der Waals surface area contributed by atoms with Crippen molar-refractivity contribution in [1.29, 1.82) is 0 Å². The summed E-state index contributed by atoms with van der Waals surface area (Å²) in [6.07, 6.45) is 2.86. The summed E-state index contributed by atoms with van der Waals surface area (Å²) < 4.78 is 8.61. The Morgan fingerprint density at radius 3 is 2.71 bits per heavy atom. The van der Waals surface area contributed by atoms with Gasteiger partial charge in [0.1, 0.15) is 5.75 Å². The van der Waals surface area contributed by atoms with Crippen LogP contribution < -0.4 is 66.5 Å². The minimum Gasteiger partial charge on any atom is -0.550 e. The molecule has 1 heterocycles. The molecule has 0 amide bonds. The number of ether oxygens (including phenoxy) is 1. The van der Waals surface area contributed by atoms with Crippen molar-refractivity contribution in [2.24, 2.45) is 0 Å². The SMILES string of the molecule is O=C([O-])CC1CCCc2cc(OCNc3cccc(-n4c(=S)[nH][nH]c4=S)c3)ccc21.[K+]. The number of nitrogens with one attached hydrogen (secondary N) is 3. The Hall–Kier alpha value is -1.27. The molecule has 7 nitrogen and oxygen atoms in total. The number of fused-ring (bicyclic) bond motifs is 1. The molecule has 3 aromatic rings. The molecule has 2 aromatic carbocycles. The molecule has 4 rings (SSSR count). The van der Waals surface area contributed by atoms with Crippen molar-refractivity contribution in [3.8, 4) is 11.4 Å². The van der Waals surface area contributed by atoms with E-state index >= 15 is 0 Å². The molecule has 0 spiro atoms. The summed E-state index contributed by atoms with van der Waals surface area (Å²) in [6, 6.07) is 13.6. The first-order valence-electron chi connectivity index (χ1n) is 9.71. The van der Waals surface area contributed by atoms with Crippen molar-refractivity contribution in [2.75, 3.05) is 12.0 Å². The van der Waals surface area contributed by atoms with Crippen molar-refractivity contribution in [3.05, 3.63) is 63.1 Å². The van der Waals surface area contributed by atoms with E-state index in [1.54, 1.807) is 4.57 Å². The van der Waals surface area contributed by atoms with Crippen LogP contribution in [-0.2, 0) is 11.2 Å². The average Bonchev–Trinajstić information content (AvgIpc) is 3.06. The van der Waals surface area contributed by atoms with E-state index in [9.17, 15) is 9.90 Å². The number of nitrogens with zero attached hydrogens (tertiary/aromatic N) is 1. The quantitative estimate of drug-likeness (QED) is 0.260. The summed E-state index contributed by atoms with van der Waals surface area (Å²) >= 11 is 10.5. The smallest absolute Gasteiger partial charge is 0.550 e. The first kappa shape index (κ1) is 24.4. The molecule has 156 valence electrons.